The summed E-state index contributed by atoms with van der Waals surface area (Å²) in [7, 11) is 0. The van der Waals surface area contributed by atoms with Gasteiger partial charge in [-0.2, -0.15) is 0 Å². The minimum atomic E-state index is -0.111. The van der Waals surface area contributed by atoms with Gasteiger partial charge in [0.25, 0.3) is 0 Å². The molecule has 0 bridgehead atoms. The van der Waals surface area contributed by atoms with Crippen LogP contribution < -0.4 is 16.0 Å². The Balaban J connectivity index is 1.74. The third kappa shape index (κ3) is 5.02. The molecule has 0 unspecified atom stereocenters. The Labute approximate surface area is 153 Å². The first-order valence-corrected chi connectivity index (χ1v) is 8.37. The van der Waals surface area contributed by atoms with E-state index in [9.17, 15) is 4.79 Å². The quantitative estimate of drug-likeness (QED) is 0.582. The second-order valence-corrected chi connectivity index (χ2v) is 6.23. The minimum absolute atomic E-state index is 0.111. The maximum Gasteiger partial charge on any atom is 0.221 e. The number of benzene rings is 2. The number of anilines is 5. The third-order valence-electron chi connectivity index (χ3n) is 3.22. The smallest absolute Gasteiger partial charge is 0.221 e. The zero-order valence-corrected chi connectivity index (χ0v) is 15.0. The Morgan fingerprint density at radius 2 is 1.48 bits per heavy atom. The number of halogens is 1. The minimum Gasteiger partial charge on any atom is -0.340 e. The van der Waals surface area contributed by atoms with Crippen LogP contribution in [0.5, 0.6) is 0 Å². The Morgan fingerprint density at radius 1 is 0.880 bits per heavy atom. The molecule has 3 rings (SSSR count). The average molecular weight is 398 g/mol. The molecule has 0 saturated carbocycles. The summed E-state index contributed by atoms with van der Waals surface area (Å²) in [5.74, 6) is 1.21. The highest BCUT2D eigenvalue weighted by molar-refractivity contribution is 9.10. The van der Waals surface area contributed by atoms with E-state index in [4.69, 9.17) is 0 Å². The van der Waals surface area contributed by atoms with E-state index < -0.39 is 0 Å². The van der Waals surface area contributed by atoms with Crippen LogP contribution in [0.2, 0.25) is 0 Å². The summed E-state index contributed by atoms with van der Waals surface area (Å²) in [6.45, 7) is 1.48. The van der Waals surface area contributed by atoms with Crippen LogP contribution in [0.25, 0.3) is 0 Å². The zero-order valence-electron chi connectivity index (χ0n) is 13.5. The van der Waals surface area contributed by atoms with Crippen LogP contribution in [0.4, 0.5) is 28.7 Å². The molecule has 7 heteroatoms. The lowest BCUT2D eigenvalue weighted by Gasteiger charge is -2.10. The second kappa shape index (κ2) is 7.76. The van der Waals surface area contributed by atoms with E-state index in [-0.39, 0.29) is 5.91 Å². The third-order valence-corrected chi connectivity index (χ3v) is 3.71. The fourth-order valence-electron chi connectivity index (χ4n) is 2.23. The van der Waals surface area contributed by atoms with Crippen molar-refractivity contribution in [3.8, 4) is 0 Å². The normalized spacial score (nSPS) is 10.2. The fraction of sp³-hybridized carbons (Fsp3) is 0.0556. The first-order valence-electron chi connectivity index (χ1n) is 7.58. The van der Waals surface area contributed by atoms with Gasteiger partial charge in [0.1, 0.15) is 18.0 Å². The lowest BCUT2D eigenvalue weighted by atomic mass is 10.2. The van der Waals surface area contributed by atoms with E-state index >= 15 is 0 Å². The summed E-state index contributed by atoms with van der Waals surface area (Å²) in [6, 6.07) is 17.1. The molecule has 0 radical (unpaired) electrons. The highest BCUT2D eigenvalue weighted by Gasteiger charge is 2.03. The van der Waals surface area contributed by atoms with Crippen LogP contribution in [0.1, 0.15) is 6.92 Å². The monoisotopic (exact) mass is 397 g/mol. The van der Waals surface area contributed by atoms with Crippen LogP contribution in [0.15, 0.2) is 65.4 Å². The van der Waals surface area contributed by atoms with Gasteiger partial charge in [-0.05, 0) is 36.4 Å². The summed E-state index contributed by atoms with van der Waals surface area (Å²) >= 11 is 3.44. The first-order chi connectivity index (χ1) is 12.1. The van der Waals surface area contributed by atoms with E-state index in [1.807, 2.05) is 54.6 Å². The Bertz CT molecular complexity index is 900. The van der Waals surface area contributed by atoms with Gasteiger partial charge in [-0.3, -0.25) is 4.79 Å². The van der Waals surface area contributed by atoms with Gasteiger partial charge in [-0.25, -0.2) is 9.97 Å². The van der Waals surface area contributed by atoms with Gasteiger partial charge < -0.3 is 16.0 Å². The maximum absolute atomic E-state index is 11.2. The number of nitrogens with one attached hydrogen (secondary N) is 3. The topological polar surface area (TPSA) is 78.9 Å². The van der Waals surface area contributed by atoms with Crippen molar-refractivity contribution in [1.29, 1.82) is 0 Å². The number of hydrogen-bond donors (Lipinski definition) is 3. The van der Waals surface area contributed by atoms with Crippen molar-refractivity contribution in [2.24, 2.45) is 0 Å². The maximum atomic E-state index is 11.2. The van der Waals surface area contributed by atoms with E-state index in [0.29, 0.717) is 11.6 Å². The Kier molecular flexibility index (Phi) is 5.25. The molecule has 0 aliphatic rings. The van der Waals surface area contributed by atoms with Gasteiger partial charge >= 0.3 is 0 Å². The number of carbonyl (C=O) groups is 1. The van der Waals surface area contributed by atoms with Crippen LogP contribution in [0.3, 0.4) is 0 Å². The number of amides is 1. The molecule has 0 aliphatic carbocycles. The summed E-state index contributed by atoms with van der Waals surface area (Å²) < 4.78 is 0.986. The number of carbonyl (C=O) groups excluding carboxylic acids is 1. The van der Waals surface area contributed by atoms with Crippen molar-refractivity contribution in [2.75, 3.05) is 16.0 Å². The van der Waals surface area contributed by atoms with Crippen molar-refractivity contribution in [3.63, 3.8) is 0 Å². The molecule has 0 spiro atoms. The van der Waals surface area contributed by atoms with E-state index in [1.165, 1.54) is 13.3 Å². The van der Waals surface area contributed by atoms with Gasteiger partial charge in [-0.1, -0.05) is 28.1 Å². The van der Waals surface area contributed by atoms with Crippen molar-refractivity contribution in [3.05, 3.63) is 65.4 Å². The van der Waals surface area contributed by atoms with Crippen molar-refractivity contribution >= 4 is 50.5 Å². The van der Waals surface area contributed by atoms with Crippen molar-refractivity contribution in [2.45, 2.75) is 6.92 Å². The largest absolute Gasteiger partial charge is 0.340 e. The molecule has 0 fully saturated rings. The number of nitrogens with zero attached hydrogens (tertiary/aromatic N) is 2. The lowest BCUT2D eigenvalue weighted by molar-refractivity contribution is -0.114. The molecule has 2 aromatic carbocycles. The molecule has 1 aromatic heterocycles. The predicted octanol–water partition coefficient (Wildman–Crippen LogP) is 4.68. The molecule has 1 heterocycles. The summed E-state index contributed by atoms with van der Waals surface area (Å²) in [4.78, 5) is 19.6. The molecule has 3 N–H and O–H groups in total. The van der Waals surface area contributed by atoms with Crippen LogP contribution in [0, 0.1) is 0 Å². The molecule has 1 amide bonds. The van der Waals surface area contributed by atoms with Gasteiger partial charge in [0.05, 0.1) is 0 Å². The molecule has 0 aliphatic heterocycles. The zero-order chi connectivity index (χ0) is 17.6. The summed E-state index contributed by atoms with van der Waals surface area (Å²) in [5, 5.41) is 9.19. The molecule has 0 atom stereocenters. The Morgan fingerprint density at radius 3 is 2.12 bits per heavy atom. The Hall–Kier alpha value is -2.93. The number of hydrogen-bond acceptors (Lipinski definition) is 5. The molecule has 25 heavy (non-hydrogen) atoms. The first kappa shape index (κ1) is 16.9. The second-order valence-electron chi connectivity index (χ2n) is 5.31. The molecule has 3 aromatic rings. The van der Waals surface area contributed by atoms with Crippen LogP contribution in [-0.4, -0.2) is 15.9 Å². The molecule has 126 valence electrons. The standard InChI is InChI=1S/C18H16BrN5O/c1-12(25)22-15-6-3-7-16(9-15)24-18-10-17(20-11-21-18)23-14-5-2-4-13(19)8-14/h2-11H,1H3,(H,22,25)(H2,20,21,23,24). The molecular weight excluding hydrogens is 382 g/mol. The summed E-state index contributed by atoms with van der Waals surface area (Å²) in [5.41, 5.74) is 2.46. The summed E-state index contributed by atoms with van der Waals surface area (Å²) in [6.07, 6.45) is 1.49. The number of rotatable bonds is 5. The van der Waals surface area contributed by atoms with Gasteiger partial charge in [-0.15, -0.1) is 0 Å². The molecular formula is C18H16BrN5O. The molecule has 6 nitrogen and oxygen atoms in total. The predicted molar refractivity (Wildman–Crippen MR) is 103 cm³/mol. The highest BCUT2D eigenvalue weighted by Crippen LogP contribution is 2.22. The van der Waals surface area contributed by atoms with Crippen molar-refractivity contribution < 1.29 is 4.79 Å². The van der Waals surface area contributed by atoms with Gasteiger partial charge in [0.2, 0.25) is 5.91 Å². The van der Waals surface area contributed by atoms with Crippen LogP contribution >= 0.6 is 15.9 Å². The fourth-order valence-corrected chi connectivity index (χ4v) is 2.63. The number of aromatic nitrogens is 2. The van der Waals surface area contributed by atoms with Gasteiger partial charge in [0.15, 0.2) is 0 Å². The van der Waals surface area contributed by atoms with Gasteiger partial charge in [0, 0.05) is 34.5 Å². The van der Waals surface area contributed by atoms with E-state index in [1.54, 1.807) is 0 Å². The average Bonchev–Trinajstić information content (AvgIpc) is 2.55. The van der Waals surface area contributed by atoms with Crippen molar-refractivity contribution in [1.82, 2.24) is 9.97 Å². The molecule has 0 saturated heterocycles. The van der Waals surface area contributed by atoms with Crippen LogP contribution in [-0.2, 0) is 4.79 Å². The lowest BCUT2D eigenvalue weighted by Crippen LogP contribution is -2.06. The highest BCUT2D eigenvalue weighted by atomic mass is 79.9. The van der Waals surface area contributed by atoms with E-state index in [2.05, 4.69) is 41.8 Å². The SMILES string of the molecule is CC(=O)Nc1cccc(Nc2cc(Nc3cccc(Br)c3)ncn2)c1. The van der Waals surface area contributed by atoms with E-state index in [0.717, 1.165) is 21.5 Å².